The number of hydrogen-bond donors (Lipinski definition) is 2. The molecule has 1 aliphatic rings. The first kappa shape index (κ1) is 19.9. The fourth-order valence-electron chi connectivity index (χ4n) is 2.55. The van der Waals surface area contributed by atoms with Crippen LogP contribution in [0.15, 0.2) is 23.1 Å². The lowest BCUT2D eigenvalue weighted by molar-refractivity contribution is -0.182. The highest BCUT2D eigenvalue weighted by atomic mass is 35.5. The number of benzene rings is 1. The Bertz CT molecular complexity index is 758. The second kappa shape index (κ2) is 7.88. The monoisotopic (exact) mass is 396 g/mol. The molecule has 1 atom stereocenters. The minimum absolute atomic E-state index is 0.0835. The predicted octanol–water partition coefficient (Wildman–Crippen LogP) is 1.33. The van der Waals surface area contributed by atoms with Crippen LogP contribution in [0.1, 0.15) is 5.56 Å². The molecule has 0 spiro atoms. The molecule has 6 nitrogen and oxygen atoms in total. The van der Waals surface area contributed by atoms with Crippen molar-refractivity contribution in [3.05, 3.63) is 28.8 Å². The molecule has 2 rings (SSSR count). The van der Waals surface area contributed by atoms with Crippen molar-refractivity contribution < 1.29 is 21.6 Å². The van der Waals surface area contributed by atoms with Gasteiger partial charge in [-0.25, -0.2) is 13.1 Å². The maximum Gasteiger partial charge on any atom is 0.405 e. The number of hydrogen-bond acceptors (Lipinski definition) is 5. The summed E-state index contributed by atoms with van der Waals surface area (Å²) in [7, 11) is -4.32. The van der Waals surface area contributed by atoms with Crippen molar-refractivity contribution in [1.29, 1.82) is 5.26 Å². The van der Waals surface area contributed by atoms with Crippen LogP contribution in [0.3, 0.4) is 0 Å². The van der Waals surface area contributed by atoms with E-state index in [4.69, 9.17) is 16.9 Å². The van der Waals surface area contributed by atoms with Gasteiger partial charge in [0.1, 0.15) is 17.0 Å². The number of halogens is 4. The Balaban J connectivity index is 2.22. The largest absolute Gasteiger partial charge is 0.405 e. The Morgan fingerprint density at radius 2 is 2.00 bits per heavy atom. The summed E-state index contributed by atoms with van der Waals surface area (Å²) < 4.78 is 66.6. The number of piperazine rings is 1. The zero-order chi connectivity index (χ0) is 18.7. The van der Waals surface area contributed by atoms with Gasteiger partial charge in [0.05, 0.1) is 10.6 Å². The maximum atomic E-state index is 13.3. The number of nitrogens with one attached hydrogen (secondary N) is 2. The first-order valence-corrected chi connectivity index (χ1v) is 9.22. The van der Waals surface area contributed by atoms with Crippen molar-refractivity contribution in [2.45, 2.75) is 17.1 Å². The Hall–Kier alpha value is -1.38. The molecule has 1 aromatic carbocycles. The topological polar surface area (TPSA) is 85.2 Å². The lowest BCUT2D eigenvalue weighted by atomic mass is 10.2. The predicted molar refractivity (Wildman–Crippen MR) is 85.6 cm³/mol. The van der Waals surface area contributed by atoms with E-state index in [0.717, 1.165) is 6.07 Å². The molecule has 1 unspecified atom stereocenters. The van der Waals surface area contributed by atoms with Gasteiger partial charge in [-0.1, -0.05) is 17.7 Å². The molecule has 1 saturated heterocycles. The summed E-state index contributed by atoms with van der Waals surface area (Å²) in [6, 6.07) is 3.48. The van der Waals surface area contributed by atoms with Gasteiger partial charge in [0.2, 0.25) is 10.0 Å². The second-order valence-electron chi connectivity index (χ2n) is 5.42. The molecule has 2 N–H and O–H groups in total. The summed E-state index contributed by atoms with van der Waals surface area (Å²) in [5.41, 5.74) is -0.303. The van der Waals surface area contributed by atoms with Gasteiger partial charge < -0.3 is 5.32 Å². The van der Waals surface area contributed by atoms with E-state index >= 15 is 0 Å². The first-order chi connectivity index (χ1) is 11.7. The fraction of sp³-hybridized carbons (Fsp3) is 0.500. The first-order valence-electron chi connectivity index (χ1n) is 7.36. The van der Waals surface area contributed by atoms with Gasteiger partial charge in [0, 0.05) is 32.7 Å². The van der Waals surface area contributed by atoms with Crippen molar-refractivity contribution in [3.8, 4) is 6.07 Å². The van der Waals surface area contributed by atoms with E-state index < -0.39 is 33.7 Å². The van der Waals surface area contributed by atoms with Crippen LogP contribution >= 0.6 is 11.6 Å². The zero-order valence-corrected chi connectivity index (χ0v) is 14.5. The molecule has 1 aromatic rings. The summed E-state index contributed by atoms with van der Waals surface area (Å²) in [5.74, 6) is 0. The third kappa shape index (κ3) is 4.83. The number of nitriles is 1. The van der Waals surface area contributed by atoms with Crippen LogP contribution in [-0.2, 0) is 10.0 Å². The molecule has 0 amide bonds. The highest BCUT2D eigenvalue weighted by Crippen LogP contribution is 2.26. The van der Waals surface area contributed by atoms with Crippen LogP contribution in [0.5, 0.6) is 0 Å². The molecule has 138 valence electrons. The van der Waals surface area contributed by atoms with Crippen LogP contribution < -0.4 is 10.0 Å². The molecule has 25 heavy (non-hydrogen) atoms. The molecule has 0 radical (unpaired) electrons. The molecule has 0 saturated carbocycles. The molecule has 0 bridgehead atoms. The average Bonchev–Trinajstić information content (AvgIpc) is 2.54. The molecule has 1 fully saturated rings. The van der Waals surface area contributed by atoms with E-state index in [2.05, 4.69) is 5.32 Å². The third-order valence-electron chi connectivity index (χ3n) is 3.81. The Morgan fingerprint density at radius 3 is 2.56 bits per heavy atom. The SMILES string of the molecule is N#Cc1c(Cl)cccc1S(=O)(=O)NCC(N1CCNCC1)C(F)(F)F. The van der Waals surface area contributed by atoms with E-state index in [1.807, 2.05) is 4.72 Å². The summed E-state index contributed by atoms with van der Waals surface area (Å²) in [4.78, 5) is 0.742. The highest BCUT2D eigenvalue weighted by molar-refractivity contribution is 7.89. The van der Waals surface area contributed by atoms with Gasteiger partial charge in [-0.2, -0.15) is 18.4 Å². The molecular formula is C14H16ClF3N4O2S. The van der Waals surface area contributed by atoms with Crippen LogP contribution in [0.2, 0.25) is 5.02 Å². The number of nitrogens with zero attached hydrogens (tertiary/aromatic N) is 2. The van der Waals surface area contributed by atoms with Crippen molar-refractivity contribution >= 4 is 21.6 Å². The van der Waals surface area contributed by atoms with Crippen molar-refractivity contribution in [2.75, 3.05) is 32.7 Å². The van der Waals surface area contributed by atoms with Crippen molar-refractivity contribution in [2.24, 2.45) is 0 Å². The average molecular weight is 397 g/mol. The van der Waals surface area contributed by atoms with Crippen molar-refractivity contribution in [1.82, 2.24) is 14.9 Å². The molecule has 1 aliphatic heterocycles. The highest BCUT2D eigenvalue weighted by Gasteiger charge is 2.44. The minimum Gasteiger partial charge on any atom is -0.314 e. The van der Waals surface area contributed by atoms with Gasteiger partial charge in [0.25, 0.3) is 0 Å². The van der Waals surface area contributed by atoms with Crippen LogP contribution in [0.4, 0.5) is 13.2 Å². The molecule has 0 aliphatic carbocycles. The van der Waals surface area contributed by atoms with Gasteiger partial charge in [-0.15, -0.1) is 0 Å². The zero-order valence-electron chi connectivity index (χ0n) is 13.0. The quantitative estimate of drug-likeness (QED) is 0.784. The maximum absolute atomic E-state index is 13.3. The molecular weight excluding hydrogens is 381 g/mol. The van der Waals surface area contributed by atoms with E-state index in [1.54, 1.807) is 6.07 Å². The lowest BCUT2D eigenvalue weighted by Gasteiger charge is -2.35. The third-order valence-corrected chi connectivity index (χ3v) is 5.59. The van der Waals surface area contributed by atoms with Gasteiger partial charge in [0.15, 0.2) is 0 Å². The van der Waals surface area contributed by atoms with Gasteiger partial charge >= 0.3 is 6.18 Å². The number of alkyl halides is 3. The summed E-state index contributed by atoms with van der Waals surface area (Å²) in [5, 5.41) is 11.9. The Labute approximate surface area is 148 Å². The Kier molecular flexibility index (Phi) is 6.29. The van der Waals surface area contributed by atoms with E-state index in [0.29, 0.717) is 13.1 Å². The summed E-state index contributed by atoms with van der Waals surface area (Å²) in [6.45, 7) is 0.265. The summed E-state index contributed by atoms with van der Waals surface area (Å²) >= 11 is 5.78. The standard InChI is InChI=1S/C14H16ClF3N4O2S/c15-11-2-1-3-12(10(11)8-19)25(23,24)21-9-13(14(16,17)18)22-6-4-20-5-7-22/h1-3,13,20-21H,4-7,9H2. The van der Waals surface area contributed by atoms with E-state index in [-0.39, 0.29) is 23.7 Å². The summed E-state index contributed by atoms with van der Waals surface area (Å²) in [6.07, 6.45) is -4.59. The second-order valence-corrected chi connectivity index (χ2v) is 7.56. The lowest BCUT2D eigenvalue weighted by Crippen LogP contribution is -2.57. The van der Waals surface area contributed by atoms with E-state index in [1.165, 1.54) is 17.0 Å². The van der Waals surface area contributed by atoms with Crippen LogP contribution in [0.25, 0.3) is 0 Å². The smallest absolute Gasteiger partial charge is 0.314 e. The van der Waals surface area contributed by atoms with Crippen molar-refractivity contribution in [3.63, 3.8) is 0 Å². The Morgan fingerprint density at radius 1 is 1.36 bits per heavy atom. The van der Waals surface area contributed by atoms with Gasteiger partial charge in [-0.05, 0) is 12.1 Å². The van der Waals surface area contributed by atoms with Crippen LogP contribution in [0, 0.1) is 11.3 Å². The number of rotatable bonds is 5. The number of sulfonamides is 1. The molecule has 11 heteroatoms. The molecule has 1 heterocycles. The van der Waals surface area contributed by atoms with Gasteiger partial charge in [-0.3, -0.25) is 4.90 Å². The van der Waals surface area contributed by atoms with Crippen LogP contribution in [-0.4, -0.2) is 58.3 Å². The van der Waals surface area contributed by atoms with E-state index in [9.17, 15) is 21.6 Å². The normalized spacial score (nSPS) is 17.9. The minimum atomic E-state index is -4.59. The molecule has 0 aromatic heterocycles. The fourth-order valence-corrected chi connectivity index (χ4v) is 4.04.